The number of benzene rings is 2. The number of hydrogen-bond donors (Lipinski definition) is 1. The molecule has 2 heterocycles. The fraction of sp³-hybridized carbons (Fsp3) is 0.424. The molecule has 1 aromatic heterocycles. The van der Waals surface area contributed by atoms with Crippen molar-refractivity contribution in [3.63, 3.8) is 0 Å². The molecule has 9 nitrogen and oxygen atoms in total. The summed E-state index contributed by atoms with van der Waals surface area (Å²) in [5.41, 5.74) is 3.98. The fourth-order valence-corrected chi connectivity index (χ4v) is 6.13. The van der Waals surface area contributed by atoms with Crippen molar-refractivity contribution >= 4 is 29.4 Å². The van der Waals surface area contributed by atoms with E-state index in [1.54, 1.807) is 24.3 Å². The number of aliphatic imine (C=N–C) groups is 1. The molecule has 2 N–H and O–H groups in total. The van der Waals surface area contributed by atoms with Gasteiger partial charge in [-0.2, -0.15) is 32.3 Å². The van der Waals surface area contributed by atoms with E-state index >= 15 is 0 Å². The summed E-state index contributed by atoms with van der Waals surface area (Å²) in [7, 11) is 0. The highest BCUT2D eigenvalue weighted by Gasteiger charge is 2.64. The number of carbonyl (C=O) groups is 2. The van der Waals surface area contributed by atoms with E-state index in [4.69, 9.17) is 22.1 Å². The van der Waals surface area contributed by atoms with Gasteiger partial charge in [-0.25, -0.2) is 9.67 Å². The first kappa shape index (κ1) is 34.8. The van der Waals surface area contributed by atoms with E-state index in [0.717, 1.165) is 4.90 Å². The Morgan fingerprint density at radius 3 is 2.33 bits per heavy atom. The van der Waals surface area contributed by atoms with Crippen molar-refractivity contribution in [1.82, 2.24) is 14.7 Å². The minimum absolute atomic E-state index is 0.0494. The molecule has 15 heteroatoms. The van der Waals surface area contributed by atoms with Crippen LogP contribution in [0.3, 0.4) is 0 Å². The first-order chi connectivity index (χ1) is 22.4. The lowest BCUT2D eigenvalue weighted by atomic mass is 9.75. The van der Waals surface area contributed by atoms with Crippen LogP contribution in [0.2, 0.25) is 5.02 Å². The molecule has 0 bridgehead atoms. The van der Waals surface area contributed by atoms with Crippen LogP contribution in [0.1, 0.15) is 75.7 Å². The molecule has 48 heavy (non-hydrogen) atoms. The first-order valence-corrected chi connectivity index (χ1v) is 15.3. The van der Waals surface area contributed by atoms with Gasteiger partial charge in [0, 0.05) is 11.8 Å². The zero-order chi connectivity index (χ0) is 35.2. The lowest BCUT2D eigenvalue weighted by Crippen LogP contribution is -2.47. The van der Waals surface area contributed by atoms with E-state index in [9.17, 15) is 36.8 Å². The van der Waals surface area contributed by atoms with Crippen LogP contribution in [0.5, 0.6) is 0 Å². The van der Waals surface area contributed by atoms with Crippen LogP contribution < -0.4 is 5.73 Å². The average Bonchev–Trinajstić information content (AvgIpc) is 3.54. The third-order valence-electron chi connectivity index (χ3n) is 8.56. The molecular weight excluding hydrogens is 659 g/mol. The molecule has 1 saturated carbocycles. The Kier molecular flexibility index (Phi) is 9.07. The minimum Gasteiger partial charge on any atom is -0.463 e. The highest BCUT2D eigenvalue weighted by molar-refractivity contribution is 6.31. The summed E-state index contributed by atoms with van der Waals surface area (Å²) in [6, 6.07) is 11.6. The highest BCUT2D eigenvalue weighted by Crippen LogP contribution is 2.60. The number of nitriles is 1. The third-order valence-corrected chi connectivity index (χ3v) is 8.88. The molecule has 1 aliphatic heterocycles. The molecule has 2 atom stereocenters. The molecular formula is C33H32ClF5N6O3. The van der Waals surface area contributed by atoms with Crippen LogP contribution in [0, 0.1) is 22.2 Å². The number of guanidine groups is 1. The Labute approximate surface area is 278 Å². The second kappa shape index (κ2) is 12.5. The second-order valence-corrected chi connectivity index (χ2v) is 13.7. The zero-order valence-electron chi connectivity index (χ0n) is 26.2. The van der Waals surface area contributed by atoms with E-state index in [1.165, 1.54) is 30.6 Å². The molecule has 0 spiro atoms. The normalized spacial score (nSPS) is 19.6. The summed E-state index contributed by atoms with van der Waals surface area (Å²) < 4.78 is 72.8. The molecule has 3 aromatic rings. The van der Waals surface area contributed by atoms with E-state index in [1.807, 2.05) is 26.8 Å². The number of ether oxygens (including phenoxy) is 1. The van der Waals surface area contributed by atoms with Crippen LogP contribution in [-0.4, -0.2) is 45.3 Å². The third kappa shape index (κ3) is 6.74. The second-order valence-electron chi connectivity index (χ2n) is 13.3. The molecule has 2 aromatic carbocycles. The maximum atomic E-state index is 14.7. The van der Waals surface area contributed by atoms with Crippen molar-refractivity contribution in [2.45, 2.75) is 70.8 Å². The SMILES string of the molecule is CC(C)(C)C[C@]1(c2ccc(-c3cnn(C(F)F)c3)cc2)N=C(N)N([C@H](COC(=O)CC2(C(F)(F)F)CC2)c2ccc(Cl)c(C#N)c2)C1=O. The summed E-state index contributed by atoms with van der Waals surface area (Å²) in [4.78, 5) is 33.2. The van der Waals surface area contributed by atoms with Gasteiger partial charge in [-0.15, -0.1) is 0 Å². The topological polar surface area (TPSA) is 127 Å². The van der Waals surface area contributed by atoms with Gasteiger partial charge in [-0.05, 0) is 53.5 Å². The number of amides is 1. The van der Waals surface area contributed by atoms with Crippen LogP contribution >= 0.6 is 11.6 Å². The predicted octanol–water partition coefficient (Wildman–Crippen LogP) is 7.28. The van der Waals surface area contributed by atoms with Crippen molar-refractivity contribution < 1.29 is 36.3 Å². The number of rotatable bonds is 10. The van der Waals surface area contributed by atoms with Crippen molar-refractivity contribution in [2.24, 2.45) is 21.6 Å². The van der Waals surface area contributed by atoms with Gasteiger partial charge in [0.1, 0.15) is 12.7 Å². The van der Waals surface area contributed by atoms with E-state index in [2.05, 4.69) is 10.1 Å². The van der Waals surface area contributed by atoms with Crippen molar-refractivity contribution in [2.75, 3.05) is 6.61 Å². The number of aromatic nitrogens is 2. The summed E-state index contributed by atoms with van der Waals surface area (Å²) in [6.45, 7) is 2.30. The monoisotopic (exact) mass is 690 g/mol. The van der Waals surface area contributed by atoms with Crippen molar-refractivity contribution in [3.8, 4) is 17.2 Å². The predicted molar refractivity (Wildman–Crippen MR) is 165 cm³/mol. The van der Waals surface area contributed by atoms with Crippen LogP contribution in [-0.2, 0) is 19.9 Å². The lowest BCUT2D eigenvalue weighted by molar-refractivity contribution is -0.195. The van der Waals surface area contributed by atoms with E-state index in [-0.39, 0.29) is 41.4 Å². The number of hydrogen-bond acceptors (Lipinski definition) is 7. The molecule has 0 saturated heterocycles. The van der Waals surface area contributed by atoms with E-state index < -0.39 is 60.0 Å². The minimum atomic E-state index is -4.57. The Morgan fingerprint density at radius 2 is 1.79 bits per heavy atom. The lowest BCUT2D eigenvalue weighted by Gasteiger charge is -2.35. The molecule has 1 fully saturated rings. The zero-order valence-corrected chi connectivity index (χ0v) is 26.9. The Morgan fingerprint density at radius 1 is 1.12 bits per heavy atom. The van der Waals surface area contributed by atoms with Crippen LogP contribution in [0.25, 0.3) is 11.1 Å². The number of halogens is 6. The molecule has 1 amide bonds. The number of esters is 1. The van der Waals surface area contributed by atoms with Crippen molar-refractivity contribution in [1.29, 1.82) is 5.26 Å². The largest absolute Gasteiger partial charge is 0.463 e. The number of nitrogens with two attached hydrogens (primary N) is 1. The van der Waals surface area contributed by atoms with Gasteiger partial charge >= 0.3 is 18.7 Å². The average molecular weight is 691 g/mol. The number of nitrogens with zero attached hydrogens (tertiary/aromatic N) is 5. The summed E-state index contributed by atoms with van der Waals surface area (Å²) in [5, 5.41) is 13.4. The van der Waals surface area contributed by atoms with Crippen LogP contribution in [0.15, 0.2) is 59.9 Å². The maximum Gasteiger partial charge on any atom is 0.395 e. The van der Waals surface area contributed by atoms with Gasteiger partial charge in [0.2, 0.25) is 0 Å². The molecule has 2 aliphatic rings. The van der Waals surface area contributed by atoms with Gasteiger partial charge in [-0.1, -0.05) is 62.7 Å². The van der Waals surface area contributed by atoms with Crippen molar-refractivity contribution in [3.05, 3.63) is 76.6 Å². The van der Waals surface area contributed by atoms with Gasteiger partial charge in [-0.3, -0.25) is 14.5 Å². The summed E-state index contributed by atoms with van der Waals surface area (Å²) in [5.74, 6) is -1.94. The van der Waals surface area contributed by atoms with Gasteiger partial charge in [0.15, 0.2) is 11.5 Å². The van der Waals surface area contributed by atoms with Gasteiger partial charge < -0.3 is 10.5 Å². The molecule has 254 valence electrons. The van der Waals surface area contributed by atoms with Crippen LogP contribution in [0.4, 0.5) is 22.0 Å². The maximum absolute atomic E-state index is 14.7. The molecule has 0 radical (unpaired) electrons. The summed E-state index contributed by atoms with van der Waals surface area (Å²) >= 11 is 6.15. The fourth-order valence-electron chi connectivity index (χ4n) is 5.97. The van der Waals surface area contributed by atoms with Gasteiger partial charge in [0.05, 0.1) is 34.7 Å². The Bertz CT molecular complexity index is 1790. The smallest absolute Gasteiger partial charge is 0.395 e. The quantitative estimate of drug-likeness (QED) is 0.176. The Balaban J connectivity index is 1.51. The Hall–Kier alpha value is -4.51. The number of carbonyl (C=O) groups excluding carboxylic acids is 2. The summed E-state index contributed by atoms with van der Waals surface area (Å²) in [6.07, 6.45) is -3.19. The highest BCUT2D eigenvalue weighted by atomic mass is 35.5. The molecule has 1 aliphatic carbocycles. The van der Waals surface area contributed by atoms with Gasteiger partial charge in [0.25, 0.3) is 5.91 Å². The van der Waals surface area contributed by atoms with E-state index in [0.29, 0.717) is 21.4 Å². The standard InChI is InChI=1S/C33H32ClF5N6O3/c1-30(2,3)18-32(23-7-4-19(5-8-23)22-15-42-44(16-22)28(35)36)27(47)45(29(41)43-32)25(20-6-9-24(34)21(12-20)14-40)17-48-26(46)13-31(10-11-31)33(37,38)39/h4-9,12,15-16,25,28H,10-11,13,17-18H2,1-3H3,(H2,41,43)/t25-,32-/m1/s1. The molecule has 5 rings (SSSR count). The molecule has 0 unspecified atom stereocenters. The first-order valence-electron chi connectivity index (χ1n) is 14.9. The number of alkyl halides is 5.